The van der Waals surface area contributed by atoms with Crippen LogP contribution in [0.2, 0.25) is 5.02 Å². The summed E-state index contributed by atoms with van der Waals surface area (Å²) in [4.78, 5) is 19.6. The first-order valence-corrected chi connectivity index (χ1v) is 11.7. The molecular weight excluding hydrogens is 445 g/mol. The molecule has 1 saturated heterocycles. The van der Waals surface area contributed by atoms with Crippen molar-refractivity contribution < 1.29 is 9.18 Å². The summed E-state index contributed by atoms with van der Waals surface area (Å²) in [6, 6.07) is 8.84. The number of allylic oxidation sites excluding steroid dienone is 1. The van der Waals surface area contributed by atoms with Crippen LogP contribution >= 0.6 is 23.4 Å². The van der Waals surface area contributed by atoms with E-state index in [9.17, 15) is 4.79 Å². The minimum Gasteiger partial charge on any atom is -0.363 e. The van der Waals surface area contributed by atoms with Gasteiger partial charge < -0.3 is 10.2 Å². The van der Waals surface area contributed by atoms with E-state index in [0.29, 0.717) is 26.3 Å². The highest BCUT2D eigenvalue weighted by Gasteiger charge is 2.31. The zero-order valence-electron chi connectivity index (χ0n) is 18.7. The fraction of sp³-hybridized carbons (Fsp3) is 0.280. The Kier molecular flexibility index (Phi) is 5.94. The largest absolute Gasteiger partial charge is 0.363 e. The molecule has 0 saturated carbocycles. The Morgan fingerprint density at radius 1 is 1.28 bits per heavy atom. The van der Waals surface area contributed by atoms with Gasteiger partial charge in [-0.2, -0.15) is 0 Å². The molecular formula is C25H25ClFN3OS. The minimum absolute atomic E-state index is 0.191. The van der Waals surface area contributed by atoms with Crippen molar-refractivity contribution in [2.24, 2.45) is 4.99 Å². The number of halogens is 2. The van der Waals surface area contributed by atoms with Crippen LogP contribution in [0.5, 0.6) is 0 Å². The number of hydrogen-bond acceptors (Lipinski definition) is 4. The summed E-state index contributed by atoms with van der Waals surface area (Å²) in [6.45, 7) is 11.0. The van der Waals surface area contributed by atoms with Gasteiger partial charge in [0.25, 0.3) is 5.91 Å². The lowest BCUT2D eigenvalue weighted by Crippen LogP contribution is -2.45. The van der Waals surface area contributed by atoms with Gasteiger partial charge in [-0.25, -0.2) is 9.38 Å². The lowest BCUT2D eigenvalue weighted by atomic mass is 9.88. The van der Waals surface area contributed by atoms with Crippen molar-refractivity contribution in [2.75, 3.05) is 11.4 Å². The summed E-state index contributed by atoms with van der Waals surface area (Å²) >= 11 is 7.36. The van der Waals surface area contributed by atoms with Crippen LogP contribution in [0, 0.1) is 12.7 Å². The number of carbonyl (C=O) groups is 1. The van der Waals surface area contributed by atoms with Gasteiger partial charge in [-0.3, -0.25) is 4.79 Å². The number of aliphatic imine (C=N–C) groups is 1. The number of fused-ring (bicyclic) bond motifs is 1. The van der Waals surface area contributed by atoms with Crippen LogP contribution < -0.4 is 10.2 Å². The van der Waals surface area contributed by atoms with Crippen LogP contribution in [0.25, 0.3) is 11.6 Å². The molecule has 2 aromatic carbocycles. The second-order valence-corrected chi connectivity index (χ2v) is 9.92. The van der Waals surface area contributed by atoms with Gasteiger partial charge >= 0.3 is 0 Å². The van der Waals surface area contributed by atoms with Crippen molar-refractivity contribution in [3.8, 4) is 0 Å². The van der Waals surface area contributed by atoms with Gasteiger partial charge in [0.2, 0.25) is 0 Å². The summed E-state index contributed by atoms with van der Waals surface area (Å²) in [7, 11) is 0. The number of carbonyl (C=O) groups excluding carboxylic acids is 1. The molecule has 2 aliphatic rings. The SMILES string of the molecule is CCN1c2cc(F)c(/C=C3/SC(=Nc4cccc(Cl)c4C)NC3=O)cc2C(C)=CC1(C)C. The molecule has 0 radical (unpaired) electrons. The molecule has 2 heterocycles. The standard InChI is InChI=1S/C25H25ClFN3OS/c1-6-30-21-12-19(27)16(10-17(21)14(2)13-25(30,4)5)11-22-23(31)29-24(32-22)28-20-9-7-8-18(26)15(20)3/h7-13H,6H2,1-5H3,(H,28,29,31)/b22-11+. The van der Waals surface area contributed by atoms with E-state index in [4.69, 9.17) is 11.6 Å². The van der Waals surface area contributed by atoms with Gasteiger partial charge in [0.15, 0.2) is 5.17 Å². The summed E-state index contributed by atoms with van der Waals surface area (Å²) in [5, 5.41) is 3.81. The number of rotatable bonds is 3. The highest BCUT2D eigenvalue weighted by molar-refractivity contribution is 8.18. The fourth-order valence-corrected chi connectivity index (χ4v) is 5.25. The monoisotopic (exact) mass is 469 g/mol. The van der Waals surface area contributed by atoms with Crippen LogP contribution in [-0.2, 0) is 4.79 Å². The zero-order valence-corrected chi connectivity index (χ0v) is 20.3. The Bertz CT molecular complexity index is 1220. The fourth-order valence-electron chi connectivity index (χ4n) is 4.25. The van der Waals surface area contributed by atoms with Crippen molar-refractivity contribution >= 4 is 57.5 Å². The summed E-state index contributed by atoms with van der Waals surface area (Å²) in [5.41, 5.74) is 4.65. The molecule has 2 aromatic rings. The summed E-state index contributed by atoms with van der Waals surface area (Å²) < 4.78 is 15.1. The average molecular weight is 470 g/mol. The predicted octanol–water partition coefficient (Wildman–Crippen LogP) is 6.70. The van der Waals surface area contributed by atoms with Crippen molar-refractivity contribution in [1.29, 1.82) is 0 Å². The molecule has 2 aliphatic heterocycles. The molecule has 7 heteroatoms. The molecule has 4 rings (SSSR count). The van der Waals surface area contributed by atoms with Gasteiger partial charge in [-0.15, -0.1) is 0 Å². The Morgan fingerprint density at radius 2 is 2.03 bits per heavy atom. The smallest absolute Gasteiger partial charge is 0.264 e. The number of hydrogen-bond donors (Lipinski definition) is 1. The molecule has 1 N–H and O–H groups in total. The highest BCUT2D eigenvalue weighted by atomic mass is 35.5. The zero-order chi connectivity index (χ0) is 23.2. The number of benzene rings is 2. The number of likely N-dealkylation sites (N-methyl/N-ethyl adjacent to an activating group) is 1. The Labute approximate surface area is 197 Å². The molecule has 1 amide bonds. The maximum atomic E-state index is 15.1. The number of anilines is 1. The topological polar surface area (TPSA) is 44.7 Å². The number of amides is 1. The van der Waals surface area contributed by atoms with Gasteiger partial charge in [-0.1, -0.05) is 23.7 Å². The van der Waals surface area contributed by atoms with E-state index in [-0.39, 0.29) is 17.3 Å². The molecule has 166 valence electrons. The lowest BCUT2D eigenvalue weighted by Gasteiger charge is -2.42. The third kappa shape index (κ3) is 4.09. The Hall–Kier alpha value is -2.57. The molecule has 0 spiro atoms. The molecule has 32 heavy (non-hydrogen) atoms. The Balaban J connectivity index is 1.69. The predicted molar refractivity (Wildman–Crippen MR) is 134 cm³/mol. The first-order chi connectivity index (χ1) is 15.1. The molecule has 1 fully saturated rings. The summed E-state index contributed by atoms with van der Waals surface area (Å²) in [5.74, 6) is -0.654. The van der Waals surface area contributed by atoms with Crippen LogP contribution in [0.15, 0.2) is 46.3 Å². The van der Waals surface area contributed by atoms with Crippen molar-refractivity contribution in [3.05, 3.63) is 68.8 Å². The van der Waals surface area contributed by atoms with Crippen molar-refractivity contribution in [1.82, 2.24) is 5.32 Å². The highest BCUT2D eigenvalue weighted by Crippen LogP contribution is 2.41. The quantitative estimate of drug-likeness (QED) is 0.508. The summed E-state index contributed by atoms with van der Waals surface area (Å²) in [6.07, 6.45) is 3.79. The van der Waals surface area contributed by atoms with Crippen molar-refractivity contribution in [3.63, 3.8) is 0 Å². The molecule has 0 atom stereocenters. The molecule has 4 nitrogen and oxygen atoms in total. The second kappa shape index (κ2) is 8.41. The number of nitrogens with one attached hydrogen (secondary N) is 1. The third-order valence-corrected chi connectivity index (χ3v) is 7.13. The normalized spacial score (nSPS) is 19.9. The molecule has 0 unspecified atom stereocenters. The van der Waals surface area contributed by atoms with Crippen LogP contribution in [0.1, 0.15) is 44.4 Å². The van der Waals surface area contributed by atoms with E-state index in [1.54, 1.807) is 18.2 Å². The Morgan fingerprint density at radius 3 is 2.75 bits per heavy atom. The van der Waals surface area contributed by atoms with Gasteiger partial charge in [-0.05, 0) is 87.9 Å². The van der Waals surface area contributed by atoms with Gasteiger partial charge in [0.1, 0.15) is 5.82 Å². The first kappa shape index (κ1) is 22.6. The maximum Gasteiger partial charge on any atom is 0.264 e. The van der Waals surface area contributed by atoms with Crippen LogP contribution in [0.4, 0.5) is 15.8 Å². The lowest BCUT2D eigenvalue weighted by molar-refractivity contribution is -0.115. The van der Waals surface area contributed by atoms with E-state index in [2.05, 4.69) is 42.1 Å². The van der Waals surface area contributed by atoms with E-state index >= 15 is 4.39 Å². The first-order valence-electron chi connectivity index (χ1n) is 10.5. The molecule has 0 bridgehead atoms. The number of amidine groups is 1. The number of nitrogens with zero attached hydrogens (tertiary/aromatic N) is 2. The van der Waals surface area contributed by atoms with Gasteiger partial charge in [0.05, 0.1) is 16.1 Å². The van der Waals surface area contributed by atoms with Crippen molar-refractivity contribution in [2.45, 2.75) is 40.2 Å². The van der Waals surface area contributed by atoms with E-state index < -0.39 is 0 Å². The molecule has 0 aromatic heterocycles. The van der Waals surface area contributed by atoms with E-state index in [1.807, 2.05) is 32.0 Å². The van der Waals surface area contributed by atoms with E-state index in [1.165, 1.54) is 11.8 Å². The van der Waals surface area contributed by atoms with E-state index in [0.717, 1.165) is 28.9 Å². The van der Waals surface area contributed by atoms with Crippen LogP contribution in [0.3, 0.4) is 0 Å². The van der Waals surface area contributed by atoms with Crippen LogP contribution in [-0.4, -0.2) is 23.2 Å². The minimum atomic E-state index is -0.357. The molecule has 0 aliphatic carbocycles. The maximum absolute atomic E-state index is 15.1. The average Bonchev–Trinajstić information content (AvgIpc) is 3.05. The number of thioether (sulfide) groups is 1. The van der Waals surface area contributed by atoms with Gasteiger partial charge in [0, 0.05) is 28.4 Å². The second-order valence-electron chi connectivity index (χ2n) is 8.48. The third-order valence-electron chi connectivity index (χ3n) is 5.81.